The molecule has 0 spiro atoms. The standard InChI is InChI=1S/C30H47NO10/c1-7-10-12-16-37-28(35)40-23-15-14-21(19-24(23)41-29(36)38-17-13-11-8-2)22(25(31)26(32)33)18-20(4)39-27(34)30(5,6)9-3/h14-15,19-20,22,25H,7-13,16-18,31H2,1-6H3,(H,32,33)/t20?,22?,25-/m0/s1. The number of unbranched alkanes of at least 4 members (excludes halogenated alkanes) is 4. The van der Waals surface area contributed by atoms with E-state index < -0.39 is 47.7 Å². The van der Waals surface area contributed by atoms with Crippen LogP contribution in [-0.4, -0.2) is 54.7 Å². The van der Waals surface area contributed by atoms with E-state index >= 15 is 0 Å². The number of rotatable bonds is 18. The molecule has 3 atom stereocenters. The smallest absolute Gasteiger partial charge is 0.480 e. The third-order valence-electron chi connectivity index (χ3n) is 6.77. The lowest BCUT2D eigenvalue weighted by atomic mass is 9.86. The Kier molecular flexibility index (Phi) is 15.8. The highest BCUT2D eigenvalue weighted by Crippen LogP contribution is 2.35. The number of carbonyl (C=O) groups excluding carboxylic acids is 3. The molecule has 41 heavy (non-hydrogen) atoms. The number of nitrogens with two attached hydrogens (primary N) is 1. The van der Waals surface area contributed by atoms with E-state index in [1.54, 1.807) is 20.8 Å². The van der Waals surface area contributed by atoms with Gasteiger partial charge in [0.1, 0.15) is 6.04 Å². The molecule has 11 nitrogen and oxygen atoms in total. The van der Waals surface area contributed by atoms with Crippen LogP contribution < -0.4 is 15.2 Å². The number of carbonyl (C=O) groups is 4. The highest BCUT2D eigenvalue weighted by atomic mass is 16.7. The molecule has 1 aromatic carbocycles. The number of esters is 1. The fourth-order valence-corrected chi connectivity index (χ4v) is 3.73. The summed E-state index contributed by atoms with van der Waals surface area (Å²) >= 11 is 0. The zero-order valence-electron chi connectivity index (χ0n) is 25.2. The molecule has 0 saturated heterocycles. The van der Waals surface area contributed by atoms with Crippen molar-refractivity contribution in [1.29, 1.82) is 0 Å². The Labute approximate surface area is 243 Å². The third-order valence-corrected chi connectivity index (χ3v) is 6.77. The van der Waals surface area contributed by atoms with Crippen molar-refractivity contribution >= 4 is 24.2 Å². The highest BCUT2D eigenvalue weighted by molar-refractivity contribution is 5.76. The SMILES string of the molecule is CCCCCOC(=O)Oc1ccc(C(CC(C)OC(=O)C(C)(C)CC)[C@H](N)C(=O)O)cc1OC(=O)OCCCCC. The van der Waals surface area contributed by atoms with Crippen molar-refractivity contribution in [3.8, 4) is 11.5 Å². The van der Waals surface area contributed by atoms with E-state index in [4.69, 9.17) is 29.4 Å². The van der Waals surface area contributed by atoms with E-state index in [2.05, 4.69) is 0 Å². The highest BCUT2D eigenvalue weighted by Gasteiger charge is 2.33. The number of carboxylic acid groups (broad SMARTS) is 1. The van der Waals surface area contributed by atoms with Gasteiger partial charge in [0, 0.05) is 5.92 Å². The summed E-state index contributed by atoms with van der Waals surface area (Å²) in [6, 6.07) is 2.86. The third kappa shape index (κ3) is 12.8. The first-order chi connectivity index (χ1) is 19.4. The fraction of sp³-hybridized carbons (Fsp3) is 0.667. The maximum atomic E-state index is 12.6. The van der Waals surface area contributed by atoms with Gasteiger partial charge in [-0.25, -0.2) is 9.59 Å². The van der Waals surface area contributed by atoms with Crippen LogP contribution in [-0.2, 0) is 23.8 Å². The van der Waals surface area contributed by atoms with Gasteiger partial charge in [0.2, 0.25) is 0 Å². The monoisotopic (exact) mass is 581 g/mol. The summed E-state index contributed by atoms with van der Waals surface area (Å²) in [6.45, 7) is 11.4. The minimum absolute atomic E-state index is 0.0690. The molecule has 1 aromatic rings. The summed E-state index contributed by atoms with van der Waals surface area (Å²) in [5, 5.41) is 9.70. The molecule has 0 bridgehead atoms. The maximum Gasteiger partial charge on any atom is 0.513 e. The molecule has 232 valence electrons. The molecule has 1 rings (SSSR count). The lowest BCUT2D eigenvalue weighted by Crippen LogP contribution is -2.39. The van der Waals surface area contributed by atoms with Crippen molar-refractivity contribution in [2.45, 2.75) is 111 Å². The summed E-state index contributed by atoms with van der Waals surface area (Å²) in [7, 11) is 0. The van der Waals surface area contributed by atoms with Crippen molar-refractivity contribution in [3.05, 3.63) is 23.8 Å². The molecule has 0 saturated carbocycles. The van der Waals surface area contributed by atoms with Crippen LogP contribution in [0.5, 0.6) is 11.5 Å². The molecule has 0 radical (unpaired) electrons. The molecule has 3 N–H and O–H groups in total. The van der Waals surface area contributed by atoms with Crippen LogP contribution in [0.4, 0.5) is 9.59 Å². The van der Waals surface area contributed by atoms with Crippen molar-refractivity contribution < 1.29 is 48.0 Å². The van der Waals surface area contributed by atoms with Crippen LogP contribution in [0.25, 0.3) is 0 Å². The number of benzene rings is 1. The van der Waals surface area contributed by atoms with E-state index in [9.17, 15) is 24.3 Å². The Morgan fingerprint density at radius 1 is 0.878 bits per heavy atom. The van der Waals surface area contributed by atoms with Crippen LogP contribution in [0.1, 0.15) is 104 Å². The van der Waals surface area contributed by atoms with Crippen LogP contribution >= 0.6 is 0 Å². The number of hydrogen-bond acceptors (Lipinski definition) is 10. The first kappa shape index (κ1) is 35.7. The molecule has 0 aromatic heterocycles. The van der Waals surface area contributed by atoms with Gasteiger partial charge in [0.15, 0.2) is 11.5 Å². The molecule has 11 heteroatoms. The Morgan fingerprint density at radius 2 is 1.41 bits per heavy atom. The van der Waals surface area contributed by atoms with Gasteiger partial charge in [-0.15, -0.1) is 0 Å². The fourth-order valence-electron chi connectivity index (χ4n) is 3.73. The molecule has 0 amide bonds. The predicted molar refractivity (Wildman–Crippen MR) is 152 cm³/mol. The van der Waals surface area contributed by atoms with Crippen LogP contribution in [0.15, 0.2) is 18.2 Å². The Balaban J connectivity index is 3.27. The van der Waals surface area contributed by atoms with Gasteiger partial charge in [0.25, 0.3) is 0 Å². The maximum absolute atomic E-state index is 12.6. The minimum Gasteiger partial charge on any atom is -0.480 e. The van der Waals surface area contributed by atoms with Gasteiger partial charge >= 0.3 is 24.2 Å². The minimum atomic E-state index is -1.38. The number of hydrogen-bond donors (Lipinski definition) is 2. The first-order valence-electron chi connectivity index (χ1n) is 14.4. The van der Waals surface area contributed by atoms with Gasteiger partial charge in [-0.2, -0.15) is 0 Å². The van der Waals surface area contributed by atoms with Crippen molar-refractivity contribution in [2.24, 2.45) is 11.1 Å². The topological polar surface area (TPSA) is 161 Å². The second kappa shape index (κ2) is 18.2. The lowest BCUT2D eigenvalue weighted by molar-refractivity contribution is -0.159. The van der Waals surface area contributed by atoms with Crippen molar-refractivity contribution in [3.63, 3.8) is 0 Å². The quantitative estimate of drug-likeness (QED) is 0.0860. The van der Waals surface area contributed by atoms with E-state index in [-0.39, 0.29) is 31.1 Å². The number of ether oxygens (including phenoxy) is 5. The second-order valence-electron chi connectivity index (χ2n) is 10.7. The van der Waals surface area contributed by atoms with Crippen LogP contribution in [0, 0.1) is 5.41 Å². The van der Waals surface area contributed by atoms with Gasteiger partial charge in [-0.1, -0.05) is 52.5 Å². The Hall–Kier alpha value is -3.34. The predicted octanol–water partition coefficient (Wildman–Crippen LogP) is 6.35. The van der Waals surface area contributed by atoms with Crippen LogP contribution in [0.3, 0.4) is 0 Å². The number of carboxylic acids is 1. The molecular weight excluding hydrogens is 534 g/mol. The molecular formula is C30H47NO10. The summed E-state index contributed by atoms with van der Waals surface area (Å²) < 4.78 is 26.5. The molecule has 0 fully saturated rings. The summed E-state index contributed by atoms with van der Waals surface area (Å²) in [6.07, 6.45) is 2.93. The molecule has 0 aliphatic carbocycles. The Bertz CT molecular complexity index is 993. The van der Waals surface area contributed by atoms with E-state index in [1.807, 2.05) is 20.8 Å². The average Bonchev–Trinajstić information content (AvgIpc) is 2.92. The normalized spacial score (nSPS) is 13.4. The molecule has 0 heterocycles. The first-order valence-corrected chi connectivity index (χ1v) is 14.4. The van der Waals surface area contributed by atoms with E-state index in [0.29, 0.717) is 24.8 Å². The largest absolute Gasteiger partial charge is 0.513 e. The summed E-state index contributed by atoms with van der Waals surface area (Å²) in [4.78, 5) is 49.2. The van der Waals surface area contributed by atoms with Gasteiger partial charge in [-0.3, -0.25) is 9.59 Å². The van der Waals surface area contributed by atoms with E-state index in [1.165, 1.54) is 18.2 Å². The van der Waals surface area contributed by atoms with Gasteiger partial charge in [-0.05, 0) is 64.2 Å². The van der Waals surface area contributed by atoms with Crippen molar-refractivity contribution in [2.75, 3.05) is 13.2 Å². The molecule has 0 aliphatic rings. The zero-order chi connectivity index (χ0) is 31.0. The summed E-state index contributed by atoms with van der Waals surface area (Å²) in [5.74, 6) is -2.82. The number of aliphatic carboxylic acids is 1. The van der Waals surface area contributed by atoms with Gasteiger partial charge < -0.3 is 34.5 Å². The Morgan fingerprint density at radius 3 is 1.90 bits per heavy atom. The van der Waals surface area contributed by atoms with Gasteiger partial charge in [0.05, 0.1) is 24.7 Å². The summed E-state index contributed by atoms with van der Waals surface area (Å²) in [5.41, 5.74) is 5.71. The zero-order valence-corrected chi connectivity index (χ0v) is 25.2. The molecule has 2 unspecified atom stereocenters. The second-order valence-corrected chi connectivity index (χ2v) is 10.7. The molecule has 0 aliphatic heterocycles. The lowest BCUT2D eigenvalue weighted by Gasteiger charge is -2.28. The van der Waals surface area contributed by atoms with Crippen LogP contribution in [0.2, 0.25) is 0 Å². The average molecular weight is 582 g/mol. The van der Waals surface area contributed by atoms with E-state index in [0.717, 1.165) is 25.7 Å². The van der Waals surface area contributed by atoms with Crippen molar-refractivity contribution in [1.82, 2.24) is 0 Å².